The van der Waals surface area contributed by atoms with Crippen LogP contribution in [0.25, 0.3) is 0 Å². The average molecular weight is 230 g/mol. The summed E-state index contributed by atoms with van der Waals surface area (Å²) in [5.74, 6) is 1.99. The van der Waals surface area contributed by atoms with E-state index >= 15 is 0 Å². The molecule has 0 nitrogen and oxygen atoms in total. The Kier molecular flexibility index (Phi) is 12.7. The quantitative estimate of drug-likeness (QED) is 0.353. The first-order valence-corrected chi connectivity index (χ1v) is 7.59. The lowest BCUT2D eigenvalue weighted by atomic mass is 9.96. The maximum atomic E-state index is 4.46. The molecule has 0 saturated heterocycles. The molecule has 1 heteroatoms. The van der Waals surface area contributed by atoms with Crippen molar-refractivity contribution in [3.05, 3.63) is 0 Å². The summed E-state index contributed by atoms with van der Waals surface area (Å²) < 4.78 is 0. The van der Waals surface area contributed by atoms with Gasteiger partial charge in [-0.15, -0.1) is 0 Å². The summed E-state index contributed by atoms with van der Waals surface area (Å²) in [6, 6.07) is 0. The van der Waals surface area contributed by atoms with Crippen LogP contribution in [0.4, 0.5) is 0 Å². The number of thiol groups is 1. The summed E-state index contributed by atoms with van der Waals surface area (Å²) in [6.45, 7) is 4.56. The van der Waals surface area contributed by atoms with Crippen molar-refractivity contribution in [2.45, 2.75) is 78.1 Å². The minimum Gasteiger partial charge on any atom is -0.179 e. The summed E-state index contributed by atoms with van der Waals surface area (Å²) in [5.41, 5.74) is 0. The second-order valence-electron chi connectivity index (χ2n) is 4.75. The minimum atomic E-state index is 0.890. The van der Waals surface area contributed by atoms with E-state index in [2.05, 4.69) is 26.5 Å². The predicted molar refractivity (Wildman–Crippen MR) is 74.9 cm³/mol. The van der Waals surface area contributed by atoms with E-state index in [9.17, 15) is 0 Å². The fraction of sp³-hybridized carbons (Fsp3) is 1.00. The molecule has 0 heterocycles. The molecule has 0 saturated carbocycles. The van der Waals surface area contributed by atoms with Gasteiger partial charge in [-0.3, -0.25) is 0 Å². The van der Waals surface area contributed by atoms with Gasteiger partial charge in [0, 0.05) is 0 Å². The Morgan fingerprint density at radius 2 is 1.20 bits per heavy atom. The van der Waals surface area contributed by atoms with Gasteiger partial charge in [0.05, 0.1) is 0 Å². The Morgan fingerprint density at radius 1 is 0.733 bits per heavy atom. The second-order valence-corrected chi connectivity index (χ2v) is 5.11. The molecule has 0 aromatic carbocycles. The Hall–Kier alpha value is 0.350. The molecule has 0 fully saturated rings. The first-order chi connectivity index (χ1) is 7.35. The fourth-order valence-corrected chi connectivity index (χ4v) is 2.41. The lowest BCUT2D eigenvalue weighted by Gasteiger charge is -2.13. The third-order valence-corrected chi connectivity index (χ3v) is 3.71. The molecule has 15 heavy (non-hydrogen) atoms. The van der Waals surface area contributed by atoms with Gasteiger partial charge < -0.3 is 0 Å². The van der Waals surface area contributed by atoms with Crippen LogP contribution in [0.15, 0.2) is 0 Å². The van der Waals surface area contributed by atoms with Crippen molar-refractivity contribution in [2.24, 2.45) is 5.92 Å². The van der Waals surface area contributed by atoms with Crippen LogP contribution in [-0.4, -0.2) is 5.75 Å². The van der Waals surface area contributed by atoms with E-state index < -0.39 is 0 Å². The van der Waals surface area contributed by atoms with Crippen LogP contribution in [0.1, 0.15) is 78.1 Å². The Labute approximate surface area is 103 Å². The van der Waals surface area contributed by atoms with E-state index in [0.29, 0.717) is 0 Å². The van der Waals surface area contributed by atoms with Crippen LogP contribution < -0.4 is 0 Å². The highest BCUT2D eigenvalue weighted by molar-refractivity contribution is 7.80. The zero-order valence-electron chi connectivity index (χ0n) is 10.8. The third kappa shape index (κ3) is 10.6. The van der Waals surface area contributed by atoms with Crippen molar-refractivity contribution < 1.29 is 0 Å². The molecule has 0 N–H and O–H groups in total. The van der Waals surface area contributed by atoms with Crippen LogP contribution in [-0.2, 0) is 0 Å². The van der Waals surface area contributed by atoms with Crippen molar-refractivity contribution in [3.63, 3.8) is 0 Å². The molecule has 1 atom stereocenters. The van der Waals surface area contributed by atoms with Gasteiger partial charge in [0.1, 0.15) is 0 Å². The average Bonchev–Trinajstić information content (AvgIpc) is 2.26. The first kappa shape index (κ1) is 15.3. The Balaban J connectivity index is 3.28. The van der Waals surface area contributed by atoms with Gasteiger partial charge in [0.15, 0.2) is 0 Å². The molecular formula is C14H30S. The molecule has 0 amide bonds. The summed E-state index contributed by atoms with van der Waals surface area (Å²) in [6.07, 6.45) is 14.1. The normalized spacial score (nSPS) is 13.0. The molecule has 0 spiro atoms. The van der Waals surface area contributed by atoms with E-state index in [1.54, 1.807) is 0 Å². The summed E-state index contributed by atoms with van der Waals surface area (Å²) >= 11 is 4.46. The highest BCUT2D eigenvalue weighted by Gasteiger charge is 2.05. The van der Waals surface area contributed by atoms with Gasteiger partial charge in [-0.2, -0.15) is 12.6 Å². The van der Waals surface area contributed by atoms with Gasteiger partial charge in [0.2, 0.25) is 0 Å². The van der Waals surface area contributed by atoms with E-state index in [1.807, 2.05) is 0 Å². The zero-order valence-corrected chi connectivity index (χ0v) is 11.7. The molecular weight excluding hydrogens is 200 g/mol. The van der Waals surface area contributed by atoms with Crippen molar-refractivity contribution in [3.8, 4) is 0 Å². The number of unbranched alkanes of at least 4 members (excludes halogenated alkanes) is 6. The second kappa shape index (κ2) is 12.4. The number of rotatable bonds is 11. The van der Waals surface area contributed by atoms with Gasteiger partial charge in [0.25, 0.3) is 0 Å². The van der Waals surface area contributed by atoms with E-state index in [-0.39, 0.29) is 0 Å². The van der Waals surface area contributed by atoms with E-state index in [1.165, 1.54) is 64.2 Å². The van der Waals surface area contributed by atoms with Gasteiger partial charge in [-0.25, -0.2) is 0 Å². The molecule has 0 bridgehead atoms. The monoisotopic (exact) mass is 230 g/mol. The Morgan fingerprint density at radius 3 is 1.73 bits per heavy atom. The maximum Gasteiger partial charge on any atom is -0.00695 e. The molecule has 0 aromatic rings. The Bertz CT molecular complexity index is 112. The lowest BCUT2D eigenvalue weighted by molar-refractivity contribution is 0.444. The van der Waals surface area contributed by atoms with Gasteiger partial charge in [-0.1, -0.05) is 65.2 Å². The zero-order chi connectivity index (χ0) is 11.4. The standard InChI is InChI=1S/C14H30S/c1-3-5-7-8-10-12-14(13-15)11-9-6-4-2/h14-15H,3-13H2,1-2H3. The number of hydrogen-bond donors (Lipinski definition) is 1. The molecule has 92 valence electrons. The lowest BCUT2D eigenvalue weighted by Crippen LogP contribution is -2.02. The van der Waals surface area contributed by atoms with Gasteiger partial charge >= 0.3 is 0 Å². The largest absolute Gasteiger partial charge is 0.179 e. The first-order valence-electron chi connectivity index (χ1n) is 6.96. The summed E-state index contributed by atoms with van der Waals surface area (Å²) in [7, 11) is 0. The van der Waals surface area contributed by atoms with Crippen molar-refractivity contribution in [2.75, 3.05) is 5.75 Å². The molecule has 0 aromatic heterocycles. The summed E-state index contributed by atoms with van der Waals surface area (Å²) in [4.78, 5) is 0. The smallest absolute Gasteiger partial charge is 0.00695 e. The number of hydrogen-bond acceptors (Lipinski definition) is 1. The fourth-order valence-electron chi connectivity index (χ4n) is 2.05. The van der Waals surface area contributed by atoms with Crippen LogP contribution >= 0.6 is 12.6 Å². The van der Waals surface area contributed by atoms with Crippen molar-refractivity contribution in [1.82, 2.24) is 0 Å². The highest BCUT2D eigenvalue weighted by Crippen LogP contribution is 2.19. The van der Waals surface area contributed by atoms with Crippen LogP contribution in [0.2, 0.25) is 0 Å². The molecule has 0 aliphatic heterocycles. The van der Waals surface area contributed by atoms with Crippen LogP contribution in [0, 0.1) is 5.92 Å². The highest BCUT2D eigenvalue weighted by atomic mass is 32.1. The topological polar surface area (TPSA) is 0 Å². The van der Waals surface area contributed by atoms with E-state index in [0.717, 1.165) is 11.7 Å². The molecule has 0 rings (SSSR count). The van der Waals surface area contributed by atoms with Crippen molar-refractivity contribution >= 4 is 12.6 Å². The van der Waals surface area contributed by atoms with Gasteiger partial charge in [-0.05, 0) is 24.5 Å². The maximum absolute atomic E-state index is 4.46. The van der Waals surface area contributed by atoms with Crippen LogP contribution in [0.3, 0.4) is 0 Å². The summed E-state index contributed by atoms with van der Waals surface area (Å²) in [5, 5.41) is 0. The minimum absolute atomic E-state index is 0.890. The third-order valence-electron chi connectivity index (χ3n) is 3.19. The van der Waals surface area contributed by atoms with Crippen molar-refractivity contribution in [1.29, 1.82) is 0 Å². The molecule has 0 aliphatic rings. The predicted octanol–water partition coefficient (Wildman–Crippen LogP) is 5.47. The molecule has 1 unspecified atom stereocenters. The SMILES string of the molecule is CCCCCCCC(CS)CCCCC. The van der Waals surface area contributed by atoms with E-state index in [4.69, 9.17) is 0 Å². The molecule has 0 aliphatic carbocycles. The molecule has 0 radical (unpaired) electrons. The van der Waals surface area contributed by atoms with Crippen LogP contribution in [0.5, 0.6) is 0 Å².